The van der Waals surface area contributed by atoms with Gasteiger partial charge >= 0.3 is 6.18 Å². The van der Waals surface area contributed by atoms with E-state index in [9.17, 15) is 28.0 Å². The summed E-state index contributed by atoms with van der Waals surface area (Å²) in [5, 5.41) is 13.0. The number of aromatic nitrogens is 3. The quantitative estimate of drug-likeness (QED) is 0.314. The van der Waals surface area contributed by atoms with Gasteiger partial charge in [-0.15, -0.1) is 0 Å². The average Bonchev–Trinajstić information content (AvgIpc) is 3.03. The maximum atomic E-state index is 13.4. The van der Waals surface area contributed by atoms with Crippen LogP contribution < -0.4 is 16.0 Å². The van der Waals surface area contributed by atoms with Gasteiger partial charge in [0.25, 0.3) is 5.91 Å². The van der Waals surface area contributed by atoms with Crippen molar-refractivity contribution in [2.24, 2.45) is 0 Å². The molecule has 0 aliphatic carbocycles. The van der Waals surface area contributed by atoms with Crippen LogP contribution in [0.25, 0.3) is 22.2 Å². The molecule has 0 saturated carbocycles. The van der Waals surface area contributed by atoms with Crippen molar-refractivity contribution in [2.75, 3.05) is 58.0 Å². The summed E-state index contributed by atoms with van der Waals surface area (Å²) in [7, 11) is 5.20. The number of carbonyl (C=O) groups excluding carboxylic acids is 2. The van der Waals surface area contributed by atoms with Crippen LogP contribution in [0.5, 0.6) is 0 Å². The standard InChI is InChI=1S/C32H32F3N9O2/c1-42(2)30(46)25(16-19-4-6-20(7-5-19)27-22(18-36)9-11-26(40-27)32(33,34)35)38-29(45)21-8-10-23-24(17-21)39-31(37)41-28(23)44-14-12-43(3)13-15-44/h4-11,17,25H,12-16H2,1-3H3,(H,38,45)(H2,37,39,41)/t25-/m0/s1. The van der Waals surface area contributed by atoms with Gasteiger partial charge < -0.3 is 25.8 Å². The van der Waals surface area contributed by atoms with E-state index in [2.05, 4.69) is 37.1 Å². The number of rotatable bonds is 7. The Labute approximate surface area is 263 Å². The molecule has 2 amide bonds. The first-order valence-corrected chi connectivity index (χ1v) is 14.4. The molecule has 3 N–H and O–H groups in total. The Balaban J connectivity index is 1.37. The topological polar surface area (TPSA) is 144 Å². The lowest BCUT2D eigenvalue weighted by molar-refractivity contribution is -0.141. The molecule has 1 aliphatic rings. The number of likely N-dealkylation sites (N-methyl/N-ethyl adjacent to an activating group) is 2. The van der Waals surface area contributed by atoms with E-state index in [0.29, 0.717) is 22.5 Å². The highest BCUT2D eigenvalue weighted by Crippen LogP contribution is 2.31. The second-order valence-corrected chi connectivity index (χ2v) is 11.3. The fourth-order valence-corrected chi connectivity index (χ4v) is 5.25. The van der Waals surface area contributed by atoms with Crippen LogP contribution >= 0.6 is 0 Å². The van der Waals surface area contributed by atoms with Crippen molar-refractivity contribution in [1.82, 2.24) is 30.1 Å². The van der Waals surface area contributed by atoms with Crippen molar-refractivity contribution in [2.45, 2.75) is 18.6 Å². The lowest BCUT2D eigenvalue weighted by atomic mass is 10.00. The molecule has 3 heterocycles. The van der Waals surface area contributed by atoms with Gasteiger partial charge in [0.2, 0.25) is 11.9 Å². The zero-order valence-corrected chi connectivity index (χ0v) is 25.5. The van der Waals surface area contributed by atoms with E-state index in [4.69, 9.17) is 5.73 Å². The van der Waals surface area contributed by atoms with Gasteiger partial charge in [0.05, 0.1) is 16.8 Å². The highest BCUT2D eigenvalue weighted by atomic mass is 19.4. The smallest absolute Gasteiger partial charge is 0.368 e. The number of amides is 2. The molecule has 0 bridgehead atoms. The number of fused-ring (bicyclic) bond motifs is 1. The van der Waals surface area contributed by atoms with E-state index in [0.717, 1.165) is 43.7 Å². The summed E-state index contributed by atoms with van der Waals surface area (Å²) in [6.07, 6.45) is -4.57. The van der Waals surface area contributed by atoms with Crippen molar-refractivity contribution in [3.05, 3.63) is 77.0 Å². The first-order valence-electron chi connectivity index (χ1n) is 14.4. The van der Waals surface area contributed by atoms with Gasteiger partial charge in [-0.25, -0.2) is 9.97 Å². The largest absolute Gasteiger partial charge is 0.433 e. The number of carbonyl (C=O) groups is 2. The zero-order chi connectivity index (χ0) is 33.2. The molecule has 1 fully saturated rings. The number of benzene rings is 2. The number of hydrogen-bond acceptors (Lipinski definition) is 9. The van der Waals surface area contributed by atoms with Crippen LogP contribution in [0.1, 0.15) is 27.2 Å². The number of nitriles is 1. The van der Waals surface area contributed by atoms with Crippen molar-refractivity contribution in [3.63, 3.8) is 0 Å². The Morgan fingerprint density at radius 2 is 1.72 bits per heavy atom. The number of alkyl halides is 3. The van der Waals surface area contributed by atoms with E-state index in [1.165, 1.54) is 17.0 Å². The molecule has 0 radical (unpaired) electrons. The van der Waals surface area contributed by atoms with Gasteiger partial charge in [-0.05, 0) is 42.9 Å². The SMILES string of the molecule is CN1CCN(c2nc(N)nc3cc(C(=O)N[C@@H](Cc4ccc(-c5nc(C(F)(F)F)ccc5C#N)cc4)C(=O)N(C)C)ccc23)CC1. The number of pyridine rings is 1. The average molecular weight is 632 g/mol. The maximum absolute atomic E-state index is 13.4. The third-order valence-corrected chi connectivity index (χ3v) is 7.78. The molecule has 11 nitrogen and oxygen atoms in total. The van der Waals surface area contributed by atoms with Crippen LogP contribution in [0.3, 0.4) is 0 Å². The molecule has 2 aromatic heterocycles. The Morgan fingerprint density at radius 3 is 2.35 bits per heavy atom. The summed E-state index contributed by atoms with van der Waals surface area (Å²) < 4.78 is 39.8. The van der Waals surface area contributed by atoms with Crippen LogP contribution in [0, 0.1) is 11.3 Å². The number of anilines is 2. The molecule has 0 spiro atoms. The van der Waals surface area contributed by atoms with Gasteiger partial charge in [-0.1, -0.05) is 24.3 Å². The molecular formula is C32H32F3N9O2. The number of hydrogen-bond donors (Lipinski definition) is 2. The molecule has 2 aromatic carbocycles. The minimum atomic E-state index is -4.67. The lowest BCUT2D eigenvalue weighted by Crippen LogP contribution is -2.47. The molecule has 46 heavy (non-hydrogen) atoms. The summed E-state index contributed by atoms with van der Waals surface area (Å²) in [4.78, 5) is 44.8. The third kappa shape index (κ3) is 7.00. The highest BCUT2D eigenvalue weighted by molar-refractivity contribution is 6.02. The third-order valence-electron chi connectivity index (χ3n) is 7.78. The molecule has 238 valence electrons. The van der Waals surface area contributed by atoms with Crippen LogP contribution in [-0.4, -0.2) is 89.9 Å². The first-order chi connectivity index (χ1) is 21.8. The van der Waals surface area contributed by atoms with Gasteiger partial charge in [0.15, 0.2) is 0 Å². The summed E-state index contributed by atoms with van der Waals surface area (Å²) in [5.74, 6) is -0.0588. The number of nitrogen functional groups attached to an aromatic ring is 1. The van der Waals surface area contributed by atoms with Crippen molar-refractivity contribution in [3.8, 4) is 17.3 Å². The molecule has 1 saturated heterocycles. The van der Waals surface area contributed by atoms with E-state index >= 15 is 0 Å². The molecule has 5 rings (SSSR count). The Kier molecular flexibility index (Phi) is 9.06. The highest BCUT2D eigenvalue weighted by Gasteiger charge is 2.33. The Hall–Kier alpha value is -5.29. The molecule has 1 atom stereocenters. The fourth-order valence-electron chi connectivity index (χ4n) is 5.25. The van der Waals surface area contributed by atoms with Crippen LogP contribution in [-0.2, 0) is 17.4 Å². The summed E-state index contributed by atoms with van der Waals surface area (Å²) in [6.45, 7) is 3.29. The Morgan fingerprint density at radius 1 is 1.02 bits per heavy atom. The van der Waals surface area contributed by atoms with Crippen molar-refractivity contribution < 1.29 is 22.8 Å². The molecule has 1 aliphatic heterocycles. The van der Waals surface area contributed by atoms with E-state index < -0.39 is 23.8 Å². The van der Waals surface area contributed by atoms with Crippen molar-refractivity contribution >= 4 is 34.5 Å². The van der Waals surface area contributed by atoms with Crippen LogP contribution in [0.4, 0.5) is 24.9 Å². The Bertz CT molecular complexity index is 1810. The van der Waals surface area contributed by atoms with E-state index in [-0.39, 0.29) is 35.1 Å². The minimum absolute atomic E-state index is 0.00765. The molecule has 4 aromatic rings. The molecule has 14 heteroatoms. The van der Waals surface area contributed by atoms with E-state index in [1.807, 2.05) is 6.07 Å². The summed E-state index contributed by atoms with van der Waals surface area (Å²) in [5.41, 5.74) is 6.53. The van der Waals surface area contributed by atoms with Gasteiger partial charge in [0.1, 0.15) is 23.6 Å². The van der Waals surface area contributed by atoms with Crippen molar-refractivity contribution in [1.29, 1.82) is 5.26 Å². The minimum Gasteiger partial charge on any atom is -0.368 e. The van der Waals surface area contributed by atoms with E-state index in [1.54, 1.807) is 44.4 Å². The summed E-state index contributed by atoms with van der Waals surface area (Å²) in [6, 6.07) is 14.1. The number of nitrogens with zero attached hydrogens (tertiary/aromatic N) is 7. The zero-order valence-electron chi connectivity index (χ0n) is 25.5. The number of nitrogens with two attached hydrogens (primary N) is 1. The second kappa shape index (κ2) is 13.0. The number of piperazine rings is 1. The normalized spacial score (nSPS) is 14.5. The summed E-state index contributed by atoms with van der Waals surface area (Å²) >= 11 is 0. The molecule has 0 unspecified atom stereocenters. The second-order valence-electron chi connectivity index (χ2n) is 11.3. The van der Waals surface area contributed by atoms with Crippen LogP contribution in [0.15, 0.2) is 54.6 Å². The predicted octanol–water partition coefficient (Wildman–Crippen LogP) is 3.35. The van der Waals surface area contributed by atoms with Gasteiger partial charge in [-0.2, -0.15) is 23.4 Å². The maximum Gasteiger partial charge on any atom is 0.433 e. The van der Waals surface area contributed by atoms with Gasteiger partial charge in [-0.3, -0.25) is 9.59 Å². The monoisotopic (exact) mass is 631 g/mol. The van der Waals surface area contributed by atoms with Crippen LogP contribution in [0.2, 0.25) is 0 Å². The van der Waals surface area contributed by atoms with Gasteiger partial charge in [0, 0.05) is 63.2 Å². The lowest BCUT2D eigenvalue weighted by Gasteiger charge is -2.33. The number of halogens is 3. The molecular weight excluding hydrogens is 599 g/mol. The number of nitrogens with one attached hydrogen (secondary N) is 1. The predicted molar refractivity (Wildman–Crippen MR) is 167 cm³/mol. The first kappa shape index (κ1) is 32.1. The fraction of sp³-hybridized carbons (Fsp3) is 0.312.